The number of fused-ring (bicyclic) bond motifs is 1. The van der Waals surface area contributed by atoms with Crippen LogP contribution in [0.15, 0.2) is 52.4 Å². The molecule has 27 heavy (non-hydrogen) atoms. The fourth-order valence-corrected chi connectivity index (χ4v) is 3.29. The Morgan fingerprint density at radius 2 is 1.81 bits per heavy atom. The molecule has 0 atom stereocenters. The molecule has 0 aliphatic carbocycles. The maximum Gasteiger partial charge on any atom is 0.281 e. The van der Waals surface area contributed by atoms with Gasteiger partial charge in [-0.05, 0) is 29.8 Å². The Kier molecular flexibility index (Phi) is 5.55. The number of amides is 1. The summed E-state index contributed by atoms with van der Waals surface area (Å²) in [5.41, 5.74) is 2.89. The molecule has 1 heterocycles. The van der Waals surface area contributed by atoms with Crippen LogP contribution < -0.4 is 11.0 Å². The summed E-state index contributed by atoms with van der Waals surface area (Å²) in [5, 5.41) is 0.551. The number of halogens is 2. The number of hydrogen-bond donors (Lipinski definition) is 1. The first kappa shape index (κ1) is 19.0. The van der Waals surface area contributed by atoms with Gasteiger partial charge in [0, 0.05) is 11.3 Å². The Morgan fingerprint density at radius 1 is 1.15 bits per heavy atom. The number of nitrogens with zero attached hydrogens (tertiary/aromatic N) is 2. The van der Waals surface area contributed by atoms with Gasteiger partial charge in [-0.2, -0.15) is 4.68 Å². The molecule has 0 unspecified atom stereocenters. The van der Waals surface area contributed by atoms with Gasteiger partial charge in [-0.15, -0.1) is 0 Å². The second-order valence-corrected chi connectivity index (χ2v) is 7.74. The maximum atomic E-state index is 13.5. The second-order valence-electron chi connectivity index (χ2n) is 6.20. The van der Waals surface area contributed by atoms with Crippen molar-refractivity contribution in [3.8, 4) is 0 Å². The zero-order valence-electron chi connectivity index (χ0n) is 14.7. The minimum atomic E-state index is -0.493. The number of nitrogens with one attached hydrogen (secondary N) is 1. The lowest BCUT2D eigenvalue weighted by molar-refractivity contribution is -0.116. The fourth-order valence-electron chi connectivity index (χ4n) is 2.48. The highest BCUT2D eigenvalue weighted by Crippen LogP contribution is 2.21. The molecule has 8 heteroatoms. The topological polar surface area (TPSA) is 64.0 Å². The van der Waals surface area contributed by atoms with Crippen molar-refractivity contribution in [1.82, 2.24) is 9.66 Å². The first-order valence-electron chi connectivity index (χ1n) is 8.27. The first-order chi connectivity index (χ1) is 12.8. The Balaban J connectivity index is 1.96. The van der Waals surface area contributed by atoms with E-state index in [1.54, 1.807) is 0 Å². The smallest absolute Gasteiger partial charge is 0.273 e. The van der Waals surface area contributed by atoms with E-state index < -0.39 is 23.1 Å². The Hall–Kier alpha value is -2.74. The summed E-state index contributed by atoms with van der Waals surface area (Å²) in [6, 6.07) is 9.23. The van der Waals surface area contributed by atoms with Gasteiger partial charge in [0.25, 0.3) is 5.56 Å². The fraction of sp³-hybridized carbons (Fsp3) is 0.211. The van der Waals surface area contributed by atoms with Crippen LogP contribution in [0.5, 0.6) is 0 Å². The number of hydrogen-bond acceptors (Lipinski definition) is 4. The molecule has 0 aliphatic heterocycles. The third-order valence-electron chi connectivity index (χ3n) is 3.66. The van der Waals surface area contributed by atoms with Crippen LogP contribution in [0.3, 0.4) is 0 Å². The summed E-state index contributed by atoms with van der Waals surface area (Å²) in [6.07, 6.45) is -0.0278. The molecule has 5 nitrogen and oxygen atoms in total. The van der Waals surface area contributed by atoms with Crippen molar-refractivity contribution in [2.45, 2.75) is 30.7 Å². The highest BCUT2D eigenvalue weighted by molar-refractivity contribution is 7.99. The third-order valence-corrected chi connectivity index (χ3v) is 4.61. The van der Waals surface area contributed by atoms with Gasteiger partial charge in [0.15, 0.2) is 5.16 Å². The summed E-state index contributed by atoms with van der Waals surface area (Å²) in [7, 11) is 0. The Morgan fingerprint density at radius 3 is 2.48 bits per heavy atom. The normalized spacial score (nSPS) is 11.1. The largest absolute Gasteiger partial charge is 0.281 e. The van der Waals surface area contributed by atoms with Crippen LogP contribution in [0.1, 0.15) is 19.4 Å². The van der Waals surface area contributed by atoms with E-state index in [0.29, 0.717) is 5.56 Å². The van der Waals surface area contributed by atoms with E-state index in [-0.39, 0.29) is 27.7 Å². The number of carbonyl (C=O) groups excluding carboxylic acids is 1. The molecule has 1 amide bonds. The Bertz CT molecular complexity index is 1050. The van der Waals surface area contributed by atoms with Crippen LogP contribution in [0.2, 0.25) is 0 Å². The van der Waals surface area contributed by atoms with E-state index in [0.717, 1.165) is 4.68 Å². The number of benzene rings is 2. The number of thioether (sulfide) groups is 1. The number of rotatable bonds is 5. The van der Waals surface area contributed by atoms with Gasteiger partial charge in [-0.1, -0.05) is 37.7 Å². The quantitative estimate of drug-likeness (QED) is 0.536. The average Bonchev–Trinajstić information content (AvgIpc) is 2.59. The molecule has 1 N–H and O–H groups in total. The van der Waals surface area contributed by atoms with Crippen molar-refractivity contribution < 1.29 is 13.6 Å². The highest BCUT2D eigenvalue weighted by Gasteiger charge is 2.16. The van der Waals surface area contributed by atoms with Crippen LogP contribution in [-0.4, -0.2) is 20.8 Å². The van der Waals surface area contributed by atoms with Crippen LogP contribution in [-0.2, 0) is 11.2 Å². The van der Waals surface area contributed by atoms with Gasteiger partial charge >= 0.3 is 0 Å². The summed E-state index contributed by atoms with van der Waals surface area (Å²) in [5.74, 6) is -1.33. The standard InChI is InChI=1S/C19H17F2N3O2S/c1-11(2)27-19-22-16-10-14(21)7-8-15(16)18(26)24(19)23-17(25)9-12-3-5-13(20)6-4-12/h3-8,10-11H,9H2,1-2H3,(H,23,25). The van der Waals surface area contributed by atoms with Gasteiger partial charge in [-0.3, -0.25) is 15.0 Å². The number of aromatic nitrogens is 2. The Labute approximate surface area is 158 Å². The summed E-state index contributed by atoms with van der Waals surface area (Å²) in [6.45, 7) is 3.83. The molecule has 0 aliphatic rings. The minimum absolute atomic E-state index is 0.0278. The van der Waals surface area contributed by atoms with E-state index in [4.69, 9.17) is 0 Å². The predicted molar refractivity (Wildman–Crippen MR) is 101 cm³/mol. The molecule has 0 radical (unpaired) electrons. The first-order valence-corrected chi connectivity index (χ1v) is 9.14. The van der Waals surface area contributed by atoms with Gasteiger partial charge in [0.05, 0.1) is 17.3 Å². The number of carbonyl (C=O) groups is 1. The van der Waals surface area contributed by atoms with Crippen molar-refractivity contribution in [3.63, 3.8) is 0 Å². The minimum Gasteiger partial charge on any atom is -0.273 e. The molecule has 140 valence electrons. The van der Waals surface area contributed by atoms with E-state index in [2.05, 4.69) is 10.4 Å². The van der Waals surface area contributed by atoms with Gasteiger partial charge in [0.2, 0.25) is 5.91 Å². The summed E-state index contributed by atoms with van der Waals surface area (Å²) >= 11 is 1.28. The molecule has 3 rings (SSSR count). The monoisotopic (exact) mass is 389 g/mol. The molecule has 0 saturated carbocycles. The van der Waals surface area contributed by atoms with Crippen molar-refractivity contribution >= 4 is 28.6 Å². The van der Waals surface area contributed by atoms with Crippen LogP contribution in [0, 0.1) is 11.6 Å². The van der Waals surface area contributed by atoms with Crippen molar-refractivity contribution in [3.05, 3.63) is 70.0 Å². The van der Waals surface area contributed by atoms with E-state index in [9.17, 15) is 18.4 Å². The van der Waals surface area contributed by atoms with E-state index in [1.807, 2.05) is 13.8 Å². The average molecular weight is 389 g/mol. The van der Waals surface area contributed by atoms with Gasteiger partial charge < -0.3 is 0 Å². The molecule has 1 aromatic heterocycles. The molecule has 0 spiro atoms. The molecule has 0 bridgehead atoms. The van der Waals surface area contributed by atoms with Gasteiger partial charge in [0.1, 0.15) is 11.6 Å². The van der Waals surface area contributed by atoms with Crippen molar-refractivity contribution in [2.75, 3.05) is 5.43 Å². The molecule has 3 aromatic rings. The lowest BCUT2D eigenvalue weighted by Crippen LogP contribution is -2.36. The molecule has 2 aromatic carbocycles. The molecule has 0 saturated heterocycles. The molecular weight excluding hydrogens is 372 g/mol. The van der Waals surface area contributed by atoms with E-state index in [1.165, 1.54) is 54.2 Å². The lowest BCUT2D eigenvalue weighted by Gasteiger charge is -2.15. The lowest BCUT2D eigenvalue weighted by atomic mass is 10.1. The summed E-state index contributed by atoms with van der Waals surface area (Å²) in [4.78, 5) is 29.5. The van der Waals surface area contributed by atoms with E-state index >= 15 is 0 Å². The van der Waals surface area contributed by atoms with Gasteiger partial charge in [-0.25, -0.2) is 13.8 Å². The zero-order chi connectivity index (χ0) is 19.6. The second kappa shape index (κ2) is 7.87. The molecule has 0 fully saturated rings. The maximum absolute atomic E-state index is 13.5. The van der Waals surface area contributed by atoms with Crippen molar-refractivity contribution in [2.24, 2.45) is 0 Å². The zero-order valence-corrected chi connectivity index (χ0v) is 15.5. The van der Waals surface area contributed by atoms with Crippen LogP contribution >= 0.6 is 11.8 Å². The molecular formula is C19H17F2N3O2S. The summed E-state index contributed by atoms with van der Waals surface area (Å²) < 4.78 is 27.6. The van der Waals surface area contributed by atoms with Crippen LogP contribution in [0.25, 0.3) is 10.9 Å². The highest BCUT2D eigenvalue weighted by atomic mass is 32.2. The SMILES string of the molecule is CC(C)Sc1nc2cc(F)ccc2c(=O)n1NC(=O)Cc1ccc(F)cc1. The van der Waals surface area contributed by atoms with Crippen LogP contribution in [0.4, 0.5) is 8.78 Å². The predicted octanol–water partition coefficient (Wildman–Crippen LogP) is 3.49. The third kappa shape index (κ3) is 4.51. The van der Waals surface area contributed by atoms with Crippen molar-refractivity contribution in [1.29, 1.82) is 0 Å².